The highest BCUT2D eigenvalue weighted by Crippen LogP contribution is 2.20. The van der Waals surface area contributed by atoms with Crippen molar-refractivity contribution in [3.8, 4) is 0 Å². The molecular weight excluding hydrogens is 899 g/mol. The van der Waals surface area contributed by atoms with Crippen LogP contribution in [-0.4, -0.2) is 97.9 Å². The van der Waals surface area contributed by atoms with Crippen LogP contribution in [0.4, 0.5) is 22.2 Å². The number of ether oxygens (including phenoxy) is 3. The Labute approximate surface area is 415 Å². The van der Waals surface area contributed by atoms with Gasteiger partial charge in [0.15, 0.2) is 11.5 Å². The second kappa shape index (κ2) is 31.4. The van der Waals surface area contributed by atoms with Crippen molar-refractivity contribution in [2.75, 3.05) is 47.6 Å². The first-order valence-electron chi connectivity index (χ1n) is 25.5. The molecule has 0 spiro atoms. The SMILES string of the molecule is CCCCCCCCCCCCCCCCCC(=O)OCCSC[C@H](NC(=O)OC(C)(C)C)C(=O)N[C@@H](COC(C)(C)C)C(=O)Nc1ccc(Cn2c(=O)[nH]c3c(N)nc(NCCCC)nc32)cc1. The zero-order chi connectivity index (χ0) is 50.7. The summed E-state index contributed by atoms with van der Waals surface area (Å²) in [4.78, 5) is 77.6. The highest BCUT2D eigenvalue weighted by Gasteiger charge is 2.30. The van der Waals surface area contributed by atoms with Crippen LogP contribution in [-0.2, 0) is 35.1 Å². The number of nitrogens with two attached hydrogens (primary N) is 1. The topological polar surface area (TPSA) is 234 Å². The lowest BCUT2D eigenvalue weighted by molar-refractivity contribution is -0.143. The van der Waals surface area contributed by atoms with Gasteiger partial charge >= 0.3 is 17.8 Å². The average Bonchev–Trinajstić information content (AvgIpc) is 3.59. The van der Waals surface area contributed by atoms with Gasteiger partial charge in [0, 0.05) is 30.2 Å². The third-order valence-corrected chi connectivity index (χ3v) is 12.1. The molecule has 1 aromatic carbocycles. The minimum atomic E-state index is -1.15. The lowest BCUT2D eigenvalue weighted by atomic mass is 10.0. The second-order valence-electron chi connectivity index (χ2n) is 19.8. The van der Waals surface area contributed by atoms with Crippen molar-refractivity contribution < 1.29 is 33.4 Å². The van der Waals surface area contributed by atoms with Crippen molar-refractivity contribution in [2.24, 2.45) is 0 Å². The summed E-state index contributed by atoms with van der Waals surface area (Å²) in [5.74, 6) is -0.410. The molecule has 17 nitrogen and oxygen atoms in total. The van der Waals surface area contributed by atoms with E-state index in [9.17, 15) is 24.0 Å². The predicted molar refractivity (Wildman–Crippen MR) is 279 cm³/mol. The minimum absolute atomic E-state index is 0.117. The molecule has 0 aliphatic heterocycles. The maximum atomic E-state index is 13.9. The van der Waals surface area contributed by atoms with Crippen molar-refractivity contribution in [1.82, 2.24) is 30.2 Å². The molecule has 69 heavy (non-hydrogen) atoms. The first kappa shape index (κ1) is 58.5. The Balaban J connectivity index is 1.52. The Kier molecular flexibility index (Phi) is 26.6. The van der Waals surface area contributed by atoms with Crippen LogP contribution < -0.4 is 32.7 Å². The number of H-pyrrole nitrogens is 1. The number of nitrogens with zero attached hydrogens (tertiary/aromatic N) is 3. The van der Waals surface area contributed by atoms with Crippen LogP contribution in [0.2, 0.25) is 0 Å². The second-order valence-corrected chi connectivity index (χ2v) is 20.9. The first-order valence-corrected chi connectivity index (χ1v) is 26.6. The van der Waals surface area contributed by atoms with Crippen LogP contribution in [0.1, 0.15) is 177 Å². The molecule has 0 bridgehead atoms. The van der Waals surface area contributed by atoms with Gasteiger partial charge in [0.2, 0.25) is 17.8 Å². The molecule has 0 saturated carbocycles. The van der Waals surface area contributed by atoms with Crippen LogP contribution >= 0.6 is 11.8 Å². The predicted octanol–water partition coefficient (Wildman–Crippen LogP) is 9.63. The monoisotopic (exact) mass is 984 g/mol. The summed E-state index contributed by atoms with van der Waals surface area (Å²) >= 11 is 1.33. The van der Waals surface area contributed by atoms with Crippen LogP contribution in [0.3, 0.4) is 0 Å². The number of thioether (sulfide) groups is 1. The first-order chi connectivity index (χ1) is 32.9. The number of rotatable bonds is 34. The number of carbonyl (C=O) groups is 4. The number of unbranched alkanes of at least 4 members (excludes halogenated alkanes) is 15. The molecule has 0 saturated heterocycles. The molecule has 0 radical (unpaired) electrons. The van der Waals surface area contributed by atoms with Gasteiger partial charge in [-0.05, 0) is 72.1 Å². The fourth-order valence-corrected chi connectivity index (χ4v) is 8.15. The number of carbonyl (C=O) groups excluding carboxylic acids is 4. The van der Waals surface area contributed by atoms with E-state index in [0.29, 0.717) is 41.5 Å². The Hall–Kier alpha value is -4.84. The number of alkyl carbamates (subject to hydrolysis) is 1. The maximum absolute atomic E-state index is 13.9. The molecule has 0 aliphatic rings. The van der Waals surface area contributed by atoms with E-state index >= 15 is 0 Å². The van der Waals surface area contributed by atoms with Gasteiger partial charge in [-0.2, -0.15) is 21.7 Å². The van der Waals surface area contributed by atoms with E-state index in [0.717, 1.165) is 37.7 Å². The number of benzene rings is 1. The van der Waals surface area contributed by atoms with Gasteiger partial charge in [0.05, 0.1) is 18.8 Å². The largest absolute Gasteiger partial charge is 0.465 e. The third kappa shape index (κ3) is 24.5. The van der Waals surface area contributed by atoms with E-state index in [-0.39, 0.29) is 37.3 Å². The van der Waals surface area contributed by atoms with Gasteiger partial charge in [-0.3, -0.25) is 19.0 Å². The Morgan fingerprint density at radius 1 is 0.754 bits per heavy atom. The van der Waals surface area contributed by atoms with Crippen molar-refractivity contribution in [1.29, 1.82) is 0 Å². The summed E-state index contributed by atoms with van der Waals surface area (Å²) in [5.41, 5.74) is 6.20. The van der Waals surface area contributed by atoms with Gasteiger partial charge in [-0.1, -0.05) is 122 Å². The number of aromatic amines is 1. The summed E-state index contributed by atoms with van der Waals surface area (Å²) < 4.78 is 18.4. The molecule has 2 atom stereocenters. The van der Waals surface area contributed by atoms with Crippen molar-refractivity contribution in [3.05, 3.63) is 40.3 Å². The molecule has 0 aliphatic carbocycles. The molecule has 0 fully saturated rings. The quantitative estimate of drug-likeness (QED) is 0.0242. The van der Waals surface area contributed by atoms with E-state index in [2.05, 4.69) is 50.1 Å². The van der Waals surface area contributed by atoms with Gasteiger partial charge in [-0.25, -0.2) is 9.59 Å². The number of hydrogen-bond acceptors (Lipinski definition) is 13. The standard InChI is InChI=1S/C51H85N9O8S/c1-9-11-13-14-15-16-17-18-19-20-21-22-23-24-25-26-41(61)66-32-33-69-36-40(56-49(65)68-51(6,7)8)46(63)55-39(35-67-50(3,4)5)45(62)54-38-29-27-37(28-30-38)34-60-44-42(57-48(60)64)43(52)58-47(59-44)53-31-12-10-2/h27-30,39-40H,9-26,31-36H2,1-8H3,(H,54,62)(H,55,63)(H,56,65)(H,57,64)(H3,52,53,58,59)/t39-,40-/m0/s1. The van der Waals surface area contributed by atoms with E-state index in [4.69, 9.17) is 19.9 Å². The highest BCUT2D eigenvalue weighted by molar-refractivity contribution is 7.99. The van der Waals surface area contributed by atoms with Gasteiger partial charge in [-0.15, -0.1) is 0 Å². The van der Waals surface area contributed by atoms with Crippen LogP contribution in [0.5, 0.6) is 0 Å². The fraction of sp³-hybridized carbons (Fsp3) is 0.706. The van der Waals surface area contributed by atoms with Crippen molar-refractivity contribution in [2.45, 2.75) is 201 Å². The Morgan fingerprint density at radius 3 is 1.93 bits per heavy atom. The number of hydrogen-bond donors (Lipinski definition) is 6. The fourth-order valence-electron chi connectivity index (χ4n) is 7.31. The lowest BCUT2D eigenvalue weighted by Gasteiger charge is -2.27. The van der Waals surface area contributed by atoms with Crippen molar-refractivity contribution in [3.63, 3.8) is 0 Å². The number of nitrogens with one attached hydrogen (secondary N) is 5. The zero-order valence-corrected chi connectivity index (χ0v) is 43.8. The zero-order valence-electron chi connectivity index (χ0n) is 43.0. The summed E-state index contributed by atoms with van der Waals surface area (Å²) in [6.45, 7) is 15.8. The number of amides is 3. The lowest BCUT2D eigenvalue weighted by Crippen LogP contribution is -2.55. The minimum Gasteiger partial charge on any atom is -0.465 e. The van der Waals surface area contributed by atoms with Crippen molar-refractivity contribution >= 4 is 64.3 Å². The van der Waals surface area contributed by atoms with Crippen LogP contribution in [0.25, 0.3) is 11.2 Å². The molecule has 3 amide bonds. The molecule has 388 valence electrons. The van der Waals surface area contributed by atoms with Gasteiger partial charge in [0.1, 0.15) is 29.8 Å². The normalized spacial score (nSPS) is 12.6. The maximum Gasteiger partial charge on any atom is 0.408 e. The Bertz CT molecular complexity index is 2050. The van der Waals surface area contributed by atoms with E-state index < -0.39 is 46.9 Å². The number of anilines is 3. The van der Waals surface area contributed by atoms with E-state index in [1.807, 2.05) is 20.8 Å². The molecule has 3 aromatic rings. The number of nitrogen functional groups attached to an aromatic ring is 1. The molecule has 18 heteroatoms. The number of aromatic nitrogens is 4. The molecule has 2 aromatic heterocycles. The van der Waals surface area contributed by atoms with E-state index in [1.165, 1.54) is 93.4 Å². The van der Waals surface area contributed by atoms with Gasteiger partial charge < -0.3 is 46.2 Å². The van der Waals surface area contributed by atoms with E-state index in [1.54, 1.807) is 45.0 Å². The number of imidazole rings is 1. The van der Waals surface area contributed by atoms with Crippen LogP contribution in [0, 0.1) is 0 Å². The summed E-state index contributed by atoms with van der Waals surface area (Å²) in [6, 6.07) is 4.66. The molecule has 0 unspecified atom stereocenters. The summed E-state index contributed by atoms with van der Waals surface area (Å²) in [5, 5.41) is 11.4. The number of esters is 1. The summed E-state index contributed by atoms with van der Waals surface area (Å²) in [7, 11) is 0. The van der Waals surface area contributed by atoms with Gasteiger partial charge in [0.25, 0.3) is 0 Å². The Morgan fingerprint density at radius 2 is 1.35 bits per heavy atom. The molecule has 7 N–H and O–H groups in total. The average molecular weight is 984 g/mol. The molecule has 2 heterocycles. The smallest absolute Gasteiger partial charge is 0.408 e. The highest BCUT2D eigenvalue weighted by atomic mass is 32.2. The third-order valence-electron chi connectivity index (χ3n) is 11.1. The van der Waals surface area contributed by atoms with Crippen LogP contribution in [0.15, 0.2) is 29.1 Å². The number of fused-ring (bicyclic) bond motifs is 1. The molecular formula is C51H85N9O8S. The summed E-state index contributed by atoms with van der Waals surface area (Å²) in [6.07, 6.45) is 20.3. The molecule has 3 rings (SSSR count).